The molecule has 0 bridgehead atoms. The van der Waals surface area contributed by atoms with E-state index in [-0.39, 0.29) is 31.0 Å². The van der Waals surface area contributed by atoms with E-state index in [4.69, 9.17) is 22.1 Å². The summed E-state index contributed by atoms with van der Waals surface area (Å²) in [5.41, 5.74) is 7.23. The van der Waals surface area contributed by atoms with E-state index in [1.54, 1.807) is 23.1 Å². The number of amides is 2. The molecule has 2 amide bonds. The first-order chi connectivity index (χ1) is 15.1. The van der Waals surface area contributed by atoms with Crippen LogP contribution in [0.15, 0.2) is 18.2 Å². The largest absolute Gasteiger partial charge is 0.374 e. The van der Waals surface area contributed by atoms with Crippen molar-refractivity contribution < 1.29 is 14.3 Å². The number of carbonyl (C=O) groups is 2. The van der Waals surface area contributed by atoms with Crippen LogP contribution in [0.5, 0.6) is 0 Å². The fraction of sp³-hybridized carbons (Fsp3) is 0.571. The number of H-pyrrole nitrogens is 1. The zero-order valence-electron chi connectivity index (χ0n) is 18.3. The first kappa shape index (κ1) is 22.6. The minimum absolute atomic E-state index is 0.0842. The third kappa shape index (κ3) is 4.92. The van der Waals surface area contributed by atoms with Crippen LogP contribution in [0.25, 0.3) is 11.4 Å². The Balaban J connectivity index is 1.42. The van der Waals surface area contributed by atoms with Crippen LogP contribution in [-0.2, 0) is 20.9 Å². The third-order valence-electron chi connectivity index (χ3n) is 5.80. The van der Waals surface area contributed by atoms with Crippen molar-refractivity contribution in [3.05, 3.63) is 28.8 Å². The normalized spacial score (nSPS) is 23.0. The molecule has 2 aromatic rings. The number of rotatable bonds is 7. The molecule has 0 unspecified atom stereocenters. The van der Waals surface area contributed by atoms with Gasteiger partial charge in [0.15, 0.2) is 5.82 Å². The first-order valence-corrected chi connectivity index (χ1v) is 11.0. The van der Waals surface area contributed by atoms with Gasteiger partial charge in [0.1, 0.15) is 12.1 Å². The number of tetrazole rings is 1. The van der Waals surface area contributed by atoms with E-state index in [9.17, 15) is 9.59 Å². The SMILES string of the molecule is CC(C)(C)OC[C@@H](N)C(=O)N1[C@H](C(=O)NCc2cc(Cl)ccc2-c2nnn[nH]2)C[C@@H]2C[C@@H]21. The summed E-state index contributed by atoms with van der Waals surface area (Å²) in [5, 5.41) is 17.3. The molecular formula is C21H28ClN7O3. The smallest absolute Gasteiger partial charge is 0.243 e. The van der Waals surface area contributed by atoms with Gasteiger partial charge in [-0.3, -0.25) is 9.59 Å². The van der Waals surface area contributed by atoms with Crippen molar-refractivity contribution in [1.82, 2.24) is 30.8 Å². The predicted molar refractivity (Wildman–Crippen MR) is 117 cm³/mol. The zero-order valence-corrected chi connectivity index (χ0v) is 19.1. The van der Waals surface area contributed by atoms with E-state index < -0.39 is 17.7 Å². The summed E-state index contributed by atoms with van der Waals surface area (Å²) in [4.78, 5) is 27.8. The fourth-order valence-electron chi connectivity index (χ4n) is 4.12. The number of piperidine rings is 1. The number of halogens is 1. The van der Waals surface area contributed by atoms with E-state index in [1.807, 2.05) is 20.8 Å². The number of hydrogen-bond donors (Lipinski definition) is 3. The molecule has 4 N–H and O–H groups in total. The predicted octanol–water partition coefficient (Wildman–Crippen LogP) is 1.27. The quantitative estimate of drug-likeness (QED) is 0.564. The van der Waals surface area contributed by atoms with Crippen molar-refractivity contribution in [1.29, 1.82) is 0 Å². The Morgan fingerprint density at radius 2 is 2.16 bits per heavy atom. The zero-order chi connectivity index (χ0) is 23.0. The highest BCUT2D eigenvalue weighted by Crippen LogP contribution is 2.48. The second kappa shape index (κ2) is 8.76. The molecule has 1 aromatic carbocycles. The first-order valence-electron chi connectivity index (χ1n) is 10.7. The van der Waals surface area contributed by atoms with E-state index in [0.29, 0.717) is 23.2 Å². The molecular weight excluding hydrogens is 434 g/mol. The maximum Gasteiger partial charge on any atom is 0.243 e. The minimum atomic E-state index is -0.803. The topological polar surface area (TPSA) is 139 Å². The number of benzene rings is 1. The van der Waals surface area contributed by atoms with Crippen LogP contribution in [0.2, 0.25) is 5.02 Å². The molecule has 1 aromatic heterocycles. The number of fused-ring (bicyclic) bond motifs is 1. The number of aromatic nitrogens is 4. The lowest BCUT2D eigenvalue weighted by atomic mass is 10.1. The Morgan fingerprint density at radius 1 is 1.38 bits per heavy atom. The van der Waals surface area contributed by atoms with Gasteiger partial charge >= 0.3 is 0 Å². The van der Waals surface area contributed by atoms with E-state index in [1.165, 1.54) is 0 Å². The molecule has 0 spiro atoms. The third-order valence-corrected chi connectivity index (χ3v) is 6.03. The van der Waals surface area contributed by atoms with Gasteiger partial charge in [-0.2, -0.15) is 0 Å². The summed E-state index contributed by atoms with van der Waals surface area (Å²) < 4.78 is 5.68. The summed E-state index contributed by atoms with van der Waals surface area (Å²) in [6.07, 6.45) is 1.56. The number of likely N-dealkylation sites (tertiary alicyclic amines) is 1. The van der Waals surface area contributed by atoms with Gasteiger partial charge < -0.3 is 20.7 Å². The van der Waals surface area contributed by atoms with Gasteiger partial charge in [-0.1, -0.05) is 11.6 Å². The molecule has 1 aliphatic carbocycles. The maximum absolute atomic E-state index is 13.1. The Kier molecular flexibility index (Phi) is 6.19. The summed E-state index contributed by atoms with van der Waals surface area (Å²) in [6, 6.07) is 4.02. The Bertz CT molecular complexity index is 992. The Labute approximate surface area is 191 Å². The molecule has 2 fully saturated rings. The molecule has 1 aliphatic heterocycles. The number of nitrogens with two attached hydrogens (primary N) is 1. The highest BCUT2D eigenvalue weighted by molar-refractivity contribution is 6.30. The van der Waals surface area contributed by atoms with Crippen LogP contribution in [0, 0.1) is 5.92 Å². The molecule has 1 saturated heterocycles. The number of aromatic amines is 1. The van der Waals surface area contributed by atoms with Gasteiger partial charge in [-0.05, 0) is 73.7 Å². The molecule has 0 radical (unpaired) electrons. The van der Waals surface area contributed by atoms with Crippen molar-refractivity contribution in [2.24, 2.45) is 11.7 Å². The highest BCUT2D eigenvalue weighted by Gasteiger charge is 2.56. The van der Waals surface area contributed by atoms with Crippen LogP contribution < -0.4 is 11.1 Å². The number of nitrogens with one attached hydrogen (secondary N) is 2. The van der Waals surface area contributed by atoms with Crippen LogP contribution in [-0.4, -0.2) is 67.7 Å². The number of ether oxygens (including phenoxy) is 1. The fourth-order valence-corrected chi connectivity index (χ4v) is 4.32. The minimum Gasteiger partial charge on any atom is -0.374 e. The molecule has 11 heteroatoms. The molecule has 172 valence electrons. The van der Waals surface area contributed by atoms with Gasteiger partial charge in [0.05, 0.1) is 12.2 Å². The summed E-state index contributed by atoms with van der Waals surface area (Å²) >= 11 is 6.15. The van der Waals surface area contributed by atoms with Gasteiger partial charge in [0, 0.05) is 23.2 Å². The summed E-state index contributed by atoms with van der Waals surface area (Å²) in [6.45, 7) is 6.06. The van der Waals surface area contributed by atoms with E-state index in [0.717, 1.165) is 17.5 Å². The Hall–Kier alpha value is -2.56. The lowest BCUT2D eigenvalue weighted by Gasteiger charge is -2.30. The molecule has 10 nitrogen and oxygen atoms in total. The molecule has 2 aliphatic rings. The van der Waals surface area contributed by atoms with E-state index >= 15 is 0 Å². The molecule has 1 saturated carbocycles. The number of carbonyl (C=O) groups excluding carboxylic acids is 2. The maximum atomic E-state index is 13.1. The van der Waals surface area contributed by atoms with Gasteiger partial charge in [0.25, 0.3) is 0 Å². The van der Waals surface area contributed by atoms with Crippen molar-refractivity contribution in [3.8, 4) is 11.4 Å². The van der Waals surface area contributed by atoms with Crippen molar-refractivity contribution in [2.45, 2.75) is 63.9 Å². The van der Waals surface area contributed by atoms with Crippen LogP contribution in [0.1, 0.15) is 39.2 Å². The van der Waals surface area contributed by atoms with Crippen molar-refractivity contribution in [3.63, 3.8) is 0 Å². The second-order valence-corrected chi connectivity index (χ2v) is 9.80. The number of hydrogen-bond acceptors (Lipinski definition) is 7. The van der Waals surface area contributed by atoms with Gasteiger partial charge in [-0.25, -0.2) is 5.10 Å². The van der Waals surface area contributed by atoms with Crippen LogP contribution >= 0.6 is 11.6 Å². The van der Waals surface area contributed by atoms with Crippen LogP contribution in [0.4, 0.5) is 0 Å². The van der Waals surface area contributed by atoms with Crippen molar-refractivity contribution in [2.75, 3.05) is 6.61 Å². The summed E-state index contributed by atoms with van der Waals surface area (Å²) in [5.74, 6) is 0.383. The lowest BCUT2D eigenvalue weighted by Crippen LogP contribution is -2.54. The van der Waals surface area contributed by atoms with E-state index in [2.05, 4.69) is 25.9 Å². The lowest BCUT2D eigenvalue weighted by molar-refractivity contribution is -0.142. The molecule has 4 atom stereocenters. The molecule has 4 rings (SSSR count). The van der Waals surface area contributed by atoms with Gasteiger partial charge in [-0.15, -0.1) is 5.10 Å². The van der Waals surface area contributed by atoms with Crippen LogP contribution in [0.3, 0.4) is 0 Å². The Morgan fingerprint density at radius 3 is 2.84 bits per heavy atom. The average Bonchev–Trinajstić information content (AvgIpc) is 3.14. The molecule has 2 heterocycles. The van der Waals surface area contributed by atoms with Gasteiger partial charge in [0.2, 0.25) is 11.8 Å². The highest BCUT2D eigenvalue weighted by atomic mass is 35.5. The molecule has 32 heavy (non-hydrogen) atoms. The average molecular weight is 462 g/mol. The summed E-state index contributed by atoms with van der Waals surface area (Å²) in [7, 11) is 0. The standard InChI is InChI=1S/C21H28ClN7O3/c1-21(2,3)32-10-15(23)20(31)29-16-7-11(16)8-17(29)19(30)24-9-12-6-13(22)4-5-14(12)18-25-27-28-26-18/h4-6,11,15-17H,7-10,23H2,1-3H3,(H,24,30)(H,25,26,27,28)/t11-,15+,16-,17-/m0/s1. The number of nitrogens with zero attached hydrogens (tertiary/aromatic N) is 4. The van der Waals surface area contributed by atoms with Crippen molar-refractivity contribution >= 4 is 23.4 Å². The second-order valence-electron chi connectivity index (χ2n) is 9.36. The monoisotopic (exact) mass is 461 g/mol.